The average Bonchev–Trinajstić information content (AvgIpc) is 2.86. The summed E-state index contributed by atoms with van der Waals surface area (Å²) < 4.78 is 16.7. The Bertz CT molecular complexity index is 375. The lowest BCUT2D eigenvalue weighted by Gasteiger charge is -2.13. The molecule has 0 aliphatic carbocycles. The minimum absolute atomic E-state index is 0.251. The smallest absolute Gasteiger partial charge is 0.124 e. The number of hydrogen-bond acceptors (Lipinski definition) is 4. The predicted octanol–water partition coefficient (Wildman–Crippen LogP) is 2.36. The van der Waals surface area contributed by atoms with E-state index in [1.54, 1.807) is 0 Å². The van der Waals surface area contributed by atoms with E-state index in [-0.39, 0.29) is 6.10 Å². The molecule has 4 heteroatoms. The fourth-order valence-corrected chi connectivity index (χ4v) is 2.08. The van der Waals surface area contributed by atoms with Gasteiger partial charge in [0.2, 0.25) is 0 Å². The standard InChI is InChI=1S/C14H21NO3/c1-2-17-14-6-5-12(15)8-11(14)9-16-10-13-4-3-7-18-13/h5-6,8,13H,2-4,7,9-10,15H2,1H3. The minimum Gasteiger partial charge on any atom is -0.494 e. The Morgan fingerprint density at radius 2 is 2.33 bits per heavy atom. The molecular weight excluding hydrogens is 230 g/mol. The lowest BCUT2D eigenvalue weighted by Crippen LogP contribution is -2.14. The Morgan fingerprint density at radius 1 is 1.44 bits per heavy atom. The first-order valence-electron chi connectivity index (χ1n) is 6.50. The molecule has 100 valence electrons. The van der Waals surface area contributed by atoms with Crippen LogP contribution in [0.25, 0.3) is 0 Å². The minimum atomic E-state index is 0.251. The predicted molar refractivity (Wildman–Crippen MR) is 70.7 cm³/mol. The van der Waals surface area contributed by atoms with E-state index in [1.165, 1.54) is 0 Å². The maximum atomic E-state index is 5.78. The van der Waals surface area contributed by atoms with Crippen molar-refractivity contribution in [2.75, 3.05) is 25.6 Å². The van der Waals surface area contributed by atoms with Crippen molar-refractivity contribution in [3.8, 4) is 5.75 Å². The zero-order valence-corrected chi connectivity index (χ0v) is 10.9. The molecule has 1 saturated heterocycles. The Labute approximate surface area is 108 Å². The zero-order valence-electron chi connectivity index (χ0n) is 10.9. The molecule has 0 aromatic heterocycles. The molecule has 1 fully saturated rings. The van der Waals surface area contributed by atoms with Crippen molar-refractivity contribution in [2.45, 2.75) is 32.5 Å². The molecule has 0 radical (unpaired) electrons. The number of nitrogens with two attached hydrogens (primary N) is 1. The fourth-order valence-electron chi connectivity index (χ4n) is 2.08. The van der Waals surface area contributed by atoms with Gasteiger partial charge in [0.05, 0.1) is 25.9 Å². The summed E-state index contributed by atoms with van der Waals surface area (Å²) >= 11 is 0. The summed E-state index contributed by atoms with van der Waals surface area (Å²) in [6.07, 6.45) is 2.48. The van der Waals surface area contributed by atoms with Gasteiger partial charge in [-0.2, -0.15) is 0 Å². The maximum absolute atomic E-state index is 5.78. The maximum Gasteiger partial charge on any atom is 0.124 e. The fraction of sp³-hybridized carbons (Fsp3) is 0.571. The van der Waals surface area contributed by atoms with E-state index in [1.807, 2.05) is 25.1 Å². The van der Waals surface area contributed by atoms with E-state index in [9.17, 15) is 0 Å². The first-order chi connectivity index (χ1) is 8.79. The highest BCUT2D eigenvalue weighted by Gasteiger charge is 2.15. The summed E-state index contributed by atoms with van der Waals surface area (Å²) in [6.45, 7) is 4.62. The van der Waals surface area contributed by atoms with Crippen molar-refractivity contribution < 1.29 is 14.2 Å². The third kappa shape index (κ3) is 3.62. The molecule has 1 aromatic rings. The van der Waals surface area contributed by atoms with E-state index in [4.69, 9.17) is 19.9 Å². The first kappa shape index (κ1) is 13.2. The van der Waals surface area contributed by atoms with E-state index in [2.05, 4.69) is 0 Å². The van der Waals surface area contributed by atoms with Crippen LogP contribution in [0.2, 0.25) is 0 Å². The molecule has 1 aliphatic heterocycles. The number of hydrogen-bond donors (Lipinski definition) is 1. The van der Waals surface area contributed by atoms with Crippen LogP contribution in [0.5, 0.6) is 5.75 Å². The Hall–Kier alpha value is -1.26. The van der Waals surface area contributed by atoms with Crippen LogP contribution in [0.15, 0.2) is 18.2 Å². The summed E-state index contributed by atoms with van der Waals surface area (Å²) in [5.41, 5.74) is 7.51. The lowest BCUT2D eigenvalue weighted by molar-refractivity contribution is 0.0100. The van der Waals surface area contributed by atoms with Crippen LogP contribution in [0, 0.1) is 0 Å². The number of rotatable bonds is 6. The molecule has 4 nitrogen and oxygen atoms in total. The zero-order chi connectivity index (χ0) is 12.8. The van der Waals surface area contributed by atoms with Crippen LogP contribution in [0.1, 0.15) is 25.3 Å². The highest BCUT2D eigenvalue weighted by atomic mass is 16.5. The molecule has 0 amide bonds. The highest BCUT2D eigenvalue weighted by molar-refractivity contribution is 5.47. The van der Waals surface area contributed by atoms with Gasteiger partial charge in [-0.05, 0) is 38.0 Å². The van der Waals surface area contributed by atoms with Crippen LogP contribution < -0.4 is 10.5 Å². The van der Waals surface area contributed by atoms with E-state index in [0.717, 1.165) is 36.4 Å². The number of anilines is 1. The Morgan fingerprint density at radius 3 is 3.06 bits per heavy atom. The summed E-state index contributed by atoms with van der Waals surface area (Å²) in [6, 6.07) is 5.64. The monoisotopic (exact) mass is 251 g/mol. The highest BCUT2D eigenvalue weighted by Crippen LogP contribution is 2.23. The summed E-state index contributed by atoms with van der Waals surface area (Å²) in [5, 5.41) is 0. The van der Waals surface area contributed by atoms with Crippen molar-refractivity contribution in [2.24, 2.45) is 0 Å². The molecule has 1 aromatic carbocycles. The van der Waals surface area contributed by atoms with Gasteiger partial charge in [-0.25, -0.2) is 0 Å². The second-order valence-corrected chi connectivity index (χ2v) is 4.45. The third-order valence-corrected chi connectivity index (χ3v) is 2.97. The van der Waals surface area contributed by atoms with Crippen LogP contribution >= 0.6 is 0 Å². The molecular formula is C14H21NO3. The Kier molecular flexibility index (Phi) is 4.84. The van der Waals surface area contributed by atoms with Crippen molar-refractivity contribution in [1.29, 1.82) is 0 Å². The molecule has 0 saturated carbocycles. The average molecular weight is 251 g/mol. The second kappa shape index (κ2) is 6.61. The summed E-state index contributed by atoms with van der Waals surface area (Å²) in [5.74, 6) is 0.846. The van der Waals surface area contributed by atoms with Crippen molar-refractivity contribution in [1.82, 2.24) is 0 Å². The molecule has 1 unspecified atom stereocenters. The van der Waals surface area contributed by atoms with Crippen LogP contribution in [0.3, 0.4) is 0 Å². The Balaban J connectivity index is 1.88. The van der Waals surface area contributed by atoms with E-state index >= 15 is 0 Å². The molecule has 1 atom stereocenters. The summed E-state index contributed by atoms with van der Waals surface area (Å²) in [7, 11) is 0. The lowest BCUT2D eigenvalue weighted by atomic mass is 10.2. The van der Waals surface area contributed by atoms with Gasteiger partial charge in [-0.1, -0.05) is 0 Å². The van der Waals surface area contributed by atoms with Crippen molar-refractivity contribution in [3.63, 3.8) is 0 Å². The van der Waals surface area contributed by atoms with Gasteiger partial charge in [0.15, 0.2) is 0 Å². The molecule has 0 spiro atoms. The van der Waals surface area contributed by atoms with Crippen LogP contribution in [0.4, 0.5) is 5.69 Å². The van der Waals surface area contributed by atoms with Gasteiger partial charge in [0.1, 0.15) is 5.75 Å². The van der Waals surface area contributed by atoms with Gasteiger partial charge in [-0.3, -0.25) is 0 Å². The molecule has 0 bridgehead atoms. The SMILES string of the molecule is CCOc1ccc(N)cc1COCC1CCCO1. The molecule has 1 heterocycles. The van der Waals surface area contributed by atoms with Gasteiger partial charge in [0.25, 0.3) is 0 Å². The summed E-state index contributed by atoms with van der Waals surface area (Å²) in [4.78, 5) is 0. The van der Waals surface area contributed by atoms with Crippen LogP contribution in [-0.4, -0.2) is 25.9 Å². The number of nitrogen functional groups attached to an aromatic ring is 1. The third-order valence-electron chi connectivity index (χ3n) is 2.97. The normalized spacial score (nSPS) is 19.1. The van der Waals surface area contributed by atoms with Gasteiger partial charge < -0.3 is 19.9 Å². The van der Waals surface area contributed by atoms with Crippen molar-refractivity contribution >= 4 is 5.69 Å². The topological polar surface area (TPSA) is 53.7 Å². The first-order valence-corrected chi connectivity index (χ1v) is 6.50. The van der Waals surface area contributed by atoms with Crippen molar-refractivity contribution in [3.05, 3.63) is 23.8 Å². The largest absolute Gasteiger partial charge is 0.494 e. The van der Waals surface area contributed by atoms with Gasteiger partial charge >= 0.3 is 0 Å². The number of benzene rings is 1. The van der Waals surface area contributed by atoms with Gasteiger partial charge in [0, 0.05) is 17.9 Å². The van der Waals surface area contributed by atoms with Gasteiger partial charge in [-0.15, -0.1) is 0 Å². The molecule has 2 N–H and O–H groups in total. The molecule has 18 heavy (non-hydrogen) atoms. The molecule has 1 aliphatic rings. The van der Waals surface area contributed by atoms with E-state index in [0.29, 0.717) is 19.8 Å². The second-order valence-electron chi connectivity index (χ2n) is 4.45. The molecule has 2 rings (SSSR count). The van der Waals surface area contributed by atoms with E-state index < -0.39 is 0 Å². The quantitative estimate of drug-likeness (QED) is 0.789. The number of ether oxygens (including phenoxy) is 3. The van der Waals surface area contributed by atoms with Crippen LogP contribution in [-0.2, 0) is 16.1 Å².